The molecule has 2 N–H and O–H groups in total. The third kappa shape index (κ3) is 3.28. The number of amidine groups is 1. The van der Waals surface area contributed by atoms with E-state index in [1.54, 1.807) is 5.01 Å². The number of benzene rings is 2. The molecule has 2 aromatic rings. The molecule has 0 bridgehead atoms. The summed E-state index contributed by atoms with van der Waals surface area (Å²) in [6, 6.07) is 16.7. The van der Waals surface area contributed by atoms with E-state index in [9.17, 15) is 0 Å². The average molecular weight is 295 g/mol. The fourth-order valence-corrected chi connectivity index (χ4v) is 2.60. The maximum absolute atomic E-state index is 5.90. The van der Waals surface area contributed by atoms with E-state index in [0.717, 1.165) is 36.7 Å². The molecule has 0 saturated heterocycles. The predicted molar refractivity (Wildman–Crippen MR) is 89.2 cm³/mol. The Kier molecular flexibility index (Phi) is 4.39. The molecule has 1 aliphatic heterocycles. The van der Waals surface area contributed by atoms with E-state index in [0.29, 0.717) is 6.61 Å². The van der Waals surface area contributed by atoms with Crippen LogP contribution in [0.5, 0.6) is 5.75 Å². The lowest BCUT2D eigenvalue weighted by molar-refractivity contribution is 0.340. The lowest BCUT2D eigenvalue weighted by atomic mass is 10.0. The zero-order valence-electron chi connectivity index (χ0n) is 12.8. The van der Waals surface area contributed by atoms with Crippen molar-refractivity contribution in [2.45, 2.75) is 13.3 Å². The second-order valence-corrected chi connectivity index (χ2v) is 5.35. The first-order valence-electron chi connectivity index (χ1n) is 7.64. The monoisotopic (exact) mass is 295 g/mol. The molecular formula is C18H21N3O. The number of aliphatic imine (C=N–C) groups is 1. The van der Waals surface area contributed by atoms with Crippen LogP contribution in [0.15, 0.2) is 53.5 Å². The van der Waals surface area contributed by atoms with Crippen molar-refractivity contribution in [3.63, 3.8) is 0 Å². The molecule has 0 unspecified atom stereocenters. The van der Waals surface area contributed by atoms with Crippen LogP contribution in [0.3, 0.4) is 0 Å². The largest absolute Gasteiger partial charge is 0.494 e. The second kappa shape index (κ2) is 6.62. The minimum absolute atomic E-state index is 0.697. The predicted octanol–water partition coefficient (Wildman–Crippen LogP) is 2.61. The average Bonchev–Trinajstić information content (AvgIpc) is 2.96. The van der Waals surface area contributed by atoms with Crippen molar-refractivity contribution in [3.05, 3.63) is 65.2 Å². The topological polar surface area (TPSA) is 50.8 Å². The van der Waals surface area contributed by atoms with Crippen molar-refractivity contribution in [3.8, 4) is 5.75 Å². The van der Waals surface area contributed by atoms with Crippen LogP contribution in [0.25, 0.3) is 0 Å². The van der Waals surface area contributed by atoms with Gasteiger partial charge >= 0.3 is 0 Å². The Morgan fingerprint density at radius 2 is 1.68 bits per heavy atom. The molecule has 4 heteroatoms. The van der Waals surface area contributed by atoms with Gasteiger partial charge in [0.05, 0.1) is 19.7 Å². The maximum Gasteiger partial charge on any atom is 0.145 e. The Balaban J connectivity index is 1.68. The van der Waals surface area contributed by atoms with E-state index in [1.807, 2.05) is 19.1 Å². The van der Waals surface area contributed by atoms with Crippen molar-refractivity contribution < 1.29 is 4.74 Å². The summed E-state index contributed by atoms with van der Waals surface area (Å²) in [5.41, 5.74) is 3.63. The van der Waals surface area contributed by atoms with E-state index >= 15 is 0 Å². The lowest BCUT2D eigenvalue weighted by Crippen LogP contribution is -2.34. The van der Waals surface area contributed by atoms with Crippen LogP contribution in [0, 0.1) is 0 Å². The van der Waals surface area contributed by atoms with Gasteiger partial charge in [-0.25, -0.2) is 5.84 Å². The first-order chi connectivity index (χ1) is 10.8. The number of hydrogen-bond acceptors (Lipinski definition) is 4. The number of nitrogens with two attached hydrogens (primary N) is 1. The van der Waals surface area contributed by atoms with E-state index < -0.39 is 0 Å². The van der Waals surface area contributed by atoms with Gasteiger partial charge in [-0.05, 0) is 36.6 Å². The zero-order chi connectivity index (χ0) is 15.4. The second-order valence-electron chi connectivity index (χ2n) is 5.35. The van der Waals surface area contributed by atoms with Crippen LogP contribution in [0.2, 0.25) is 0 Å². The van der Waals surface area contributed by atoms with Gasteiger partial charge in [0.1, 0.15) is 11.6 Å². The molecule has 0 amide bonds. The lowest BCUT2D eigenvalue weighted by Gasteiger charge is -2.13. The molecule has 4 nitrogen and oxygen atoms in total. The van der Waals surface area contributed by atoms with Gasteiger partial charge in [0.2, 0.25) is 0 Å². The Labute approximate surface area is 131 Å². The molecule has 0 radical (unpaired) electrons. The summed E-state index contributed by atoms with van der Waals surface area (Å²) in [6.07, 6.45) is 0.908. The smallest absolute Gasteiger partial charge is 0.145 e. The Bertz CT molecular complexity index is 647. The van der Waals surface area contributed by atoms with E-state index in [1.165, 1.54) is 11.1 Å². The number of hydrogen-bond donors (Lipinski definition) is 1. The summed E-state index contributed by atoms with van der Waals surface area (Å²) in [7, 11) is 0. The van der Waals surface area contributed by atoms with E-state index in [-0.39, 0.29) is 0 Å². The molecule has 22 heavy (non-hydrogen) atoms. The molecule has 1 heterocycles. The molecule has 0 aromatic heterocycles. The summed E-state index contributed by atoms with van der Waals surface area (Å²) in [5.74, 6) is 7.70. The molecule has 0 atom stereocenters. The SMILES string of the molecule is CCOc1ccc(Cc2ccc(C3=NCCN3N)cc2)cc1. The van der Waals surface area contributed by atoms with Crippen LogP contribution in [0.1, 0.15) is 23.6 Å². The molecule has 1 aliphatic rings. The highest BCUT2D eigenvalue weighted by Crippen LogP contribution is 2.16. The molecule has 114 valence electrons. The van der Waals surface area contributed by atoms with Gasteiger partial charge in [-0.1, -0.05) is 36.4 Å². The van der Waals surface area contributed by atoms with Gasteiger partial charge in [0.15, 0.2) is 0 Å². The summed E-state index contributed by atoms with van der Waals surface area (Å²) in [5, 5.41) is 1.71. The molecule has 0 aliphatic carbocycles. The zero-order valence-corrected chi connectivity index (χ0v) is 12.8. The van der Waals surface area contributed by atoms with Crippen LogP contribution in [0.4, 0.5) is 0 Å². The van der Waals surface area contributed by atoms with Gasteiger partial charge in [0, 0.05) is 5.56 Å². The summed E-state index contributed by atoms with van der Waals surface area (Å²) in [4.78, 5) is 4.43. The van der Waals surface area contributed by atoms with Crippen molar-refractivity contribution >= 4 is 5.84 Å². The molecular weight excluding hydrogens is 274 g/mol. The van der Waals surface area contributed by atoms with Crippen LogP contribution < -0.4 is 10.6 Å². The highest BCUT2D eigenvalue weighted by molar-refractivity contribution is 5.99. The Morgan fingerprint density at radius 3 is 2.23 bits per heavy atom. The van der Waals surface area contributed by atoms with E-state index in [4.69, 9.17) is 10.6 Å². The number of rotatable bonds is 5. The molecule has 0 spiro atoms. The first kappa shape index (κ1) is 14.6. The third-order valence-corrected chi connectivity index (χ3v) is 3.73. The Morgan fingerprint density at radius 1 is 1.05 bits per heavy atom. The van der Waals surface area contributed by atoms with Gasteiger partial charge in [-0.3, -0.25) is 10.0 Å². The van der Waals surface area contributed by atoms with Gasteiger partial charge < -0.3 is 4.74 Å². The highest BCUT2D eigenvalue weighted by atomic mass is 16.5. The summed E-state index contributed by atoms with van der Waals surface area (Å²) in [6.45, 7) is 4.26. The fraction of sp³-hybridized carbons (Fsp3) is 0.278. The van der Waals surface area contributed by atoms with Crippen LogP contribution in [-0.4, -0.2) is 30.5 Å². The van der Waals surface area contributed by atoms with Crippen molar-refractivity contribution in [1.82, 2.24) is 5.01 Å². The van der Waals surface area contributed by atoms with Gasteiger partial charge in [-0.15, -0.1) is 0 Å². The molecule has 0 saturated carbocycles. The minimum Gasteiger partial charge on any atom is -0.494 e. The van der Waals surface area contributed by atoms with Gasteiger partial charge in [0.25, 0.3) is 0 Å². The van der Waals surface area contributed by atoms with Crippen molar-refractivity contribution in [2.24, 2.45) is 10.8 Å². The maximum atomic E-state index is 5.90. The van der Waals surface area contributed by atoms with Crippen molar-refractivity contribution in [2.75, 3.05) is 19.7 Å². The fourth-order valence-electron chi connectivity index (χ4n) is 2.60. The number of hydrazine groups is 1. The third-order valence-electron chi connectivity index (χ3n) is 3.73. The highest BCUT2D eigenvalue weighted by Gasteiger charge is 2.14. The van der Waals surface area contributed by atoms with Crippen molar-refractivity contribution in [1.29, 1.82) is 0 Å². The molecule has 2 aromatic carbocycles. The first-order valence-corrected chi connectivity index (χ1v) is 7.64. The number of nitrogens with zero attached hydrogens (tertiary/aromatic N) is 2. The summed E-state index contributed by atoms with van der Waals surface area (Å²) >= 11 is 0. The molecule has 3 rings (SSSR count). The van der Waals surface area contributed by atoms with Crippen LogP contribution >= 0.6 is 0 Å². The normalized spacial score (nSPS) is 14.1. The van der Waals surface area contributed by atoms with E-state index in [2.05, 4.69) is 41.4 Å². The standard InChI is InChI=1S/C18H21N3O/c1-2-22-17-9-5-15(6-10-17)13-14-3-7-16(8-4-14)18-20-11-12-21(18)19/h3-10H,2,11-13,19H2,1H3. The minimum atomic E-state index is 0.697. The Hall–Kier alpha value is -2.33. The number of ether oxygens (including phenoxy) is 1. The quantitative estimate of drug-likeness (QED) is 0.863. The summed E-state index contributed by atoms with van der Waals surface area (Å²) < 4.78 is 5.46. The molecule has 0 fully saturated rings. The van der Waals surface area contributed by atoms with Crippen LogP contribution in [-0.2, 0) is 6.42 Å². The van der Waals surface area contributed by atoms with Gasteiger partial charge in [-0.2, -0.15) is 0 Å².